The van der Waals surface area contributed by atoms with Gasteiger partial charge in [0.1, 0.15) is 17.3 Å². The van der Waals surface area contributed by atoms with Crippen molar-refractivity contribution in [2.24, 2.45) is 5.92 Å². The number of aromatic nitrogens is 1. The van der Waals surface area contributed by atoms with Crippen molar-refractivity contribution < 1.29 is 18.7 Å². The molecule has 7 heteroatoms. The molecule has 36 heavy (non-hydrogen) atoms. The number of para-hydroxylation sites is 3. The second-order valence-corrected chi connectivity index (χ2v) is 9.02. The summed E-state index contributed by atoms with van der Waals surface area (Å²) in [5, 5.41) is 3.89. The molecular weight excluding hydrogens is 457 g/mol. The monoisotopic (exact) mass is 485 g/mol. The number of hydrogen-bond acceptors (Lipinski definition) is 3. The van der Waals surface area contributed by atoms with E-state index in [1.54, 1.807) is 36.3 Å². The van der Waals surface area contributed by atoms with Crippen molar-refractivity contribution in [2.45, 2.75) is 19.4 Å². The minimum absolute atomic E-state index is 0.0692. The number of piperidine rings is 1. The lowest BCUT2D eigenvalue weighted by atomic mass is 9.95. The van der Waals surface area contributed by atoms with E-state index in [0.29, 0.717) is 48.6 Å². The number of methoxy groups -OCH3 is 1. The minimum Gasteiger partial charge on any atom is -0.495 e. The standard InChI is InChI=1S/C29H28FN3O3/c1-36-27-13-7-5-11-24(27)31-28(34)20-14-16-32(17-15-20)29(35)26-18-21-8-3-6-12-25(21)33(26)19-22-9-2-4-10-23(22)30/h2-13,18,20H,14-17,19H2,1H3,(H,31,34). The second-order valence-electron chi connectivity index (χ2n) is 9.02. The third-order valence-corrected chi connectivity index (χ3v) is 6.83. The summed E-state index contributed by atoms with van der Waals surface area (Å²) in [4.78, 5) is 28.3. The van der Waals surface area contributed by atoms with Crippen LogP contribution < -0.4 is 10.1 Å². The molecule has 0 spiro atoms. The van der Waals surface area contributed by atoms with Gasteiger partial charge in [-0.3, -0.25) is 9.59 Å². The number of nitrogens with one attached hydrogen (secondary N) is 1. The van der Waals surface area contributed by atoms with Crippen LogP contribution in [0.25, 0.3) is 10.9 Å². The summed E-state index contributed by atoms with van der Waals surface area (Å²) in [7, 11) is 1.57. The number of hydrogen-bond donors (Lipinski definition) is 1. The van der Waals surface area contributed by atoms with Gasteiger partial charge in [-0.1, -0.05) is 48.5 Å². The summed E-state index contributed by atoms with van der Waals surface area (Å²) in [5.74, 6) is -0.0497. The molecular formula is C29H28FN3O3. The van der Waals surface area contributed by atoms with E-state index in [1.807, 2.05) is 53.1 Å². The van der Waals surface area contributed by atoms with Crippen LogP contribution in [0.3, 0.4) is 0 Å². The van der Waals surface area contributed by atoms with E-state index in [1.165, 1.54) is 6.07 Å². The molecule has 2 amide bonds. The van der Waals surface area contributed by atoms with Crippen LogP contribution in [0.4, 0.5) is 10.1 Å². The summed E-state index contributed by atoms with van der Waals surface area (Å²) < 4.78 is 21.6. The Kier molecular flexibility index (Phi) is 6.71. The maximum Gasteiger partial charge on any atom is 0.270 e. The van der Waals surface area contributed by atoms with Gasteiger partial charge in [0.05, 0.1) is 19.3 Å². The first-order valence-corrected chi connectivity index (χ1v) is 12.1. The van der Waals surface area contributed by atoms with Crippen LogP contribution in [0.15, 0.2) is 78.9 Å². The zero-order chi connectivity index (χ0) is 25.1. The van der Waals surface area contributed by atoms with Gasteiger partial charge < -0.3 is 19.5 Å². The zero-order valence-corrected chi connectivity index (χ0v) is 20.1. The SMILES string of the molecule is COc1ccccc1NC(=O)C1CCN(C(=O)c2cc3ccccc3n2Cc2ccccc2F)CC1. The summed E-state index contributed by atoms with van der Waals surface area (Å²) in [5.41, 5.74) is 2.58. The average Bonchev–Trinajstić information content (AvgIpc) is 3.28. The number of rotatable bonds is 6. The van der Waals surface area contributed by atoms with Gasteiger partial charge in [0.15, 0.2) is 0 Å². The molecule has 0 aliphatic carbocycles. The maximum absolute atomic E-state index is 14.4. The highest BCUT2D eigenvalue weighted by molar-refractivity contribution is 5.99. The topological polar surface area (TPSA) is 63.6 Å². The van der Waals surface area contributed by atoms with Gasteiger partial charge in [-0.25, -0.2) is 4.39 Å². The van der Waals surface area contributed by atoms with Gasteiger partial charge in [0, 0.05) is 35.5 Å². The molecule has 0 bridgehead atoms. The third-order valence-electron chi connectivity index (χ3n) is 6.83. The molecule has 1 N–H and O–H groups in total. The fourth-order valence-electron chi connectivity index (χ4n) is 4.84. The highest BCUT2D eigenvalue weighted by atomic mass is 19.1. The number of carbonyl (C=O) groups is 2. The van der Waals surface area contributed by atoms with Crippen LogP contribution in [0.1, 0.15) is 28.9 Å². The molecule has 5 rings (SSSR count). The Morgan fingerprint density at radius 3 is 2.44 bits per heavy atom. The fourth-order valence-corrected chi connectivity index (χ4v) is 4.84. The molecule has 0 unspecified atom stereocenters. The smallest absolute Gasteiger partial charge is 0.270 e. The predicted molar refractivity (Wildman–Crippen MR) is 138 cm³/mol. The number of amides is 2. The van der Waals surface area contributed by atoms with Crippen molar-refractivity contribution in [3.63, 3.8) is 0 Å². The number of benzene rings is 3. The Bertz CT molecular complexity index is 1410. The van der Waals surface area contributed by atoms with Crippen molar-refractivity contribution in [3.8, 4) is 5.75 Å². The van der Waals surface area contributed by atoms with E-state index in [-0.39, 0.29) is 30.1 Å². The molecule has 0 atom stereocenters. The molecule has 4 aromatic rings. The first-order chi connectivity index (χ1) is 17.5. The molecule has 1 fully saturated rings. The minimum atomic E-state index is -0.296. The Hall–Kier alpha value is -4.13. The van der Waals surface area contributed by atoms with Crippen molar-refractivity contribution in [3.05, 3.63) is 95.9 Å². The van der Waals surface area contributed by atoms with Crippen LogP contribution >= 0.6 is 0 Å². The molecule has 1 saturated heterocycles. The Morgan fingerprint density at radius 1 is 0.972 bits per heavy atom. The average molecular weight is 486 g/mol. The van der Waals surface area contributed by atoms with Gasteiger partial charge in [0.25, 0.3) is 5.91 Å². The number of anilines is 1. The quantitative estimate of drug-likeness (QED) is 0.402. The lowest BCUT2D eigenvalue weighted by Gasteiger charge is -2.31. The van der Waals surface area contributed by atoms with Gasteiger partial charge in [0.2, 0.25) is 5.91 Å². The van der Waals surface area contributed by atoms with Gasteiger partial charge >= 0.3 is 0 Å². The first-order valence-electron chi connectivity index (χ1n) is 12.1. The van der Waals surface area contributed by atoms with Gasteiger partial charge in [-0.05, 0) is 43.2 Å². The Labute approximate surface area is 209 Å². The largest absolute Gasteiger partial charge is 0.495 e. The van der Waals surface area contributed by atoms with Crippen molar-refractivity contribution >= 4 is 28.4 Å². The zero-order valence-electron chi connectivity index (χ0n) is 20.1. The Balaban J connectivity index is 1.32. The number of fused-ring (bicyclic) bond motifs is 1. The van der Waals surface area contributed by atoms with Crippen LogP contribution in [0, 0.1) is 11.7 Å². The van der Waals surface area contributed by atoms with Crippen molar-refractivity contribution in [2.75, 3.05) is 25.5 Å². The number of carbonyl (C=O) groups excluding carboxylic acids is 2. The third kappa shape index (κ3) is 4.69. The molecule has 1 aliphatic heterocycles. The molecule has 0 saturated carbocycles. The van der Waals surface area contributed by atoms with E-state index >= 15 is 0 Å². The van der Waals surface area contributed by atoms with E-state index in [0.717, 1.165) is 10.9 Å². The van der Waals surface area contributed by atoms with Crippen molar-refractivity contribution in [1.29, 1.82) is 0 Å². The van der Waals surface area contributed by atoms with Crippen LogP contribution in [0.2, 0.25) is 0 Å². The number of nitrogens with zero attached hydrogens (tertiary/aromatic N) is 2. The summed E-state index contributed by atoms with van der Waals surface area (Å²) in [6.07, 6.45) is 1.14. The molecule has 1 aromatic heterocycles. The summed E-state index contributed by atoms with van der Waals surface area (Å²) in [6.45, 7) is 1.22. The van der Waals surface area contributed by atoms with E-state index in [2.05, 4.69) is 5.32 Å². The number of halogens is 1. The second kappa shape index (κ2) is 10.2. The van der Waals surface area contributed by atoms with E-state index < -0.39 is 0 Å². The van der Waals surface area contributed by atoms with E-state index in [4.69, 9.17) is 4.74 Å². The van der Waals surface area contributed by atoms with Gasteiger partial charge in [-0.15, -0.1) is 0 Å². The molecule has 6 nitrogen and oxygen atoms in total. The fraction of sp³-hybridized carbons (Fsp3) is 0.241. The maximum atomic E-state index is 14.4. The Morgan fingerprint density at radius 2 is 1.67 bits per heavy atom. The van der Waals surface area contributed by atoms with Crippen LogP contribution in [-0.2, 0) is 11.3 Å². The van der Waals surface area contributed by atoms with Gasteiger partial charge in [-0.2, -0.15) is 0 Å². The first kappa shape index (κ1) is 23.6. The van der Waals surface area contributed by atoms with Crippen molar-refractivity contribution in [1.82, 2.24) is 9.47 Å². The number of likely N-dealkylation sites (tertiary alicyclic amines) is 1. The molecule has 3 aromatic carbocycles. The number of ether oxygens (including phenoxy) is 1. The lowest BCUT2D eigenvalue weighted by molar-refractivity contribution is -0.121. The summed E-state index contributed by atoms with van der Waals surface area (Å²) >= 11 is 0. The highest BCUT2D eigenvalue weighted by Gasteiger charge is 2.30. The van der Waals surface area contributed by atoms with Crippen LogP contribution in [-0.4, -0.2) is 41.5 Å². The van der Waals surface area contributed by atoms with Crippen LogP contribution in [0.5, 0.6) is 5.75 Å². The van der Waals surface area contributed by atoms with E-state index in [9.17, 15) is 14.0 Å². The summed E-state index contributed by atoms with van der Waals surface area (Å²) in [6, 6.07) is 23.6. The molecule has 184 valence electrons. The lowest BCUT2D eigenvalue weighted by Crippen LogP contribution is -2.42. The molecule has 2 heterocycles. The highest BCUT2D eigenvalue weighted by Crippen LogP contribution is 2.28. The molecule has 0 radical (unpaired) electrons. The molecule has 1 aliphatic rings. The predicted octanol–water partition coefficient (Wildman–Crippen LogP) is 5.33. The normalized spacial score (nSPS) is 14.1.